The van der Waals surface area contributed by atoms with Crippen LogP contribution < -0.4 is 4.90 Å². The Bertz CT molecular complexity index is 558. The number of fused-ring (bicyclic) bond motifs is 3. The molecule has 0 amide bonds. The lowest BCUT2D eigenvalue weighted by Gasteiger charge is -2.28. The van der Waals surface area contributed by atoms with Crippen molar-refractivity contribution < 1.29 is 9.53 Å². The lowest BCUT2D eigenvalue weighted by atomic mass is 9.92. The van der Waals surface area contributed by atoms with Gasteiger partial charge in [-0.2, -0.15) is 0 Å². The molecule has 1 fully saturated rings. The van der Waals surface area contributed by atoms with E-state index in [1.165, 1.54) is 23.2 Å². The van der Waals surface area contributed by atoms with Gasteiger partial charge in [0.1, 0.15) is 6.54 Å². The van der Waals surface area contributed by atoms with Crippen molar-refractivity contribution in [2.45, 2.75) is 38.6 Å². The number of nitrogens with zero attached hydrogens (tertiary/aromatic N) is 2. The molecule has 0 radical (unpaired) electrons. The van der Waals surface area contributed by atoms with E-state index in [4.69, 9.17) is 4.74 Å². The molecule has 0 N–H and O–H groups in total. The molecule has 4 heteroatoms. The molecule has 120 valence electrons. The van der Waals surface area contributed by atoms with E-state index in [2.05, 4.69) is 42.0 Å². The van der Waals surface area contributed by atoms with Crippen molar-refractivity contribution in [2.75, 3.05) is 38.2 Å². The monoisotopic (exact) mass is 302 g/mol. The Hall–Kier alpha value is -1.55. The van der Waals surface area contributed by atoms with Gasteiger partial charge in [0.15, 0.2) is 0 Å². The van der Waals surface area contributed by atoms with Crippen molar-refractivity contribution in [3.05, 3.63) is 29.3 Å². The van der Waals surface area contributed by atoms with Gasteiger partial charge in [0, 0.05) is 24.2 Å². The van der Waals surface area contributed by atoms with Crippen LogP contribution in [0.4, 0.5) is 5.69 Å². The first-order valence-corrected chi connectivity index (χ1v) is 8.31. The molecule has 0 aromatic heterocycles. The van der Waals surface area contributed by atoms with Crippen LogP contribution >= 0.6 is 0 Å². The quantitative estimate of drug-likeness (QED) is 0.803. The largest absolute Gasteiger partial charge is 0.465 e. The van der Waals surface area contributed by atoms with Crippen LogP contribution in [-0.4, -0.2) is 50.2 Å². The summed E-state index contributed by atoms with van der Waals surface area (Å²) in [6, 6.07) is 7.05. The number of likely N-dealkylation sites (N-methyl/N-ethyl adjacent to an activating group) is 1. The Balaban J connectivity index is 1.93. The van der Waals surface area contributed by atoms with Gasteiger partial charge in [-0.15, -0.1) is 0 Å². The third-order valence-corrected chi connectivity index (χ3v) is 4.91. The van der Waals surface area contributed by atoms with Crippen molar-refractivity contribution in [1.29, 1.82) is 0 Å². The van der Waals surface area contributed by atoms with E-state index < -0.39 is 0 Å². The van der Waals surface area contributed by atoms with Gasteiger partial charge in [0.25, 0.3) is 0 Å². The zero-order valence-electron chi connectivity index (χ0n) is 13.8. The smallest absolute Gasteiger partial charge is 0.325 e. The van der Waals surface area contributed by atoms with E-state index in [0.29, 0.717) is 25.1 Å². The Morgan fingerprint density at radius 3 is 3.00 bits per heavy atom. The van der Waals surface area contributed by atoms with Crippen LogP contribution in [0.1, 0.15) is 36.8 Å². The molecule has 4 nitrogen and oxygen atoms in total. The molecule has 1 saturated heterocycles. The maximum Gasteiger partial charge on any atom is 0.325 e. The average molecular weight is 302 g/mol. The third kappa shape index (κ3) is 2.84. The number of aryl methyl sites for hydroxylation is 1. The highest BCUT2D eigenvalue weighted by Gasteiger charge is 2.40. The number of ether oxygens (including phenoxy) is 1. The van der Waals surface area contributed by atoms with E-state index in [1.807, 2.05) is 6.92 Å². The molecule has 1 aromatic rings. The number of likely N-dealkylation sites (tertiary alicyclic amines) is 1. The van der Waals surface area contributed by atoms with Crippen LogP contribution in [0, 0.1) is 6.92 Å². The molecule has 2 aliphatic heterocycles. The Morgan fingerprint density at radius 1 is 1.41 bits per heavy atom. The molecule has 0 aliphatic carbocycles. The molecule has 22 heavy (non-hydrogen) atoms. The fraction of sp³-hybridized carbons (Fsp3) is 0.611. The minimum absolute atomic E-state index is 0.118. The molecule has 2 aliphatic rings. The van der Waals surface area contributed by atoms with Crippen LogP contribution in [0.25, 0.3) is 0 Å². The van der Waals surface area contributed by atoms with E-state index in [1.54, 1.807) is 0 Å². The summed E-state index contributed by atoms with van der Waals surface area (Å²) in [7, 11) is 2.20. The highest BCUT2D eigenvalue weighted by atomic mass is 16.5. The summed E-state index contributed by atoms with van der Waals surface area (Å²) in [6.07, 6.45) is 2.33. The standard InChI is InChI=1S/C18H26N2O2/c1-4-22-18(21)12-20-16-6-5-9-19(3)11-15(16)14-10-13(2)7-8-17(14)20/h7-8,10,15-16H,4-6,9,11-12H2,1-3H3/t15-,16+/m1/s1. The third-order valence-electron chi connectivity index (χ3n) is 4.91. The first-order chi connectivity index (χ1) is 10.6. The zero-order chi connectivity index (χ0) is 15.7. The SMILES string of the molecule is CCOC(=O)CN1c2ccc(C)cc2[C@H]2CN(C)CCC[C@@H]21. The average Bonchev–Trinajstić information content (AvgIpc) is 2.62. The second kappa shape index (κ2) is 6.29. The van der Waals surface area contributed by atoms with Crippen molar-refractivity contribution in [3.63, 3.8) is 0 Å². The molecule has 2 atom stereocenters. The second-order valence-electron chi connectivity index (χ2n) is 6.57. The highest BCUT2D eigenvalue weighted by Crippen LogP contribution is 2.44. The zero-order valence-corrected chi connectivity index (χ0v) is 13.8. The summed E-state index contributed by atoms with van der Waals surface area (Å²) in [5.74, 6) is 0.379. The van der Waals surface area contributed by atoms with Crippen molar-refractivity contribution >= 4 is 11.7 Å². The van der Waals surface area contributed by atoms with Gasteiger partial charge >= 0.3 is 5.97 Å². The number of carbonyl (C=O) groups excluding carboxylic acids is 1. The molecule has 3 rings (SSSR count). The van der Waals surface area contributed by atoms with Crippen molar-refractivity contribution in [3.8, 4) is 0 Å². The van der Waals surface area contributed by atoms with Gasteiger partial charge in [-0.25, -0.2) is 0 Å². The Morgan fingerprint density at radius 2 is 2.23 bits per heavy atom. The predicted octanol–water partition coefficient (Wildman–Crippen LogP) is 2.56. The van der Waals surface area contributed by atoms with Gasteiger partial charge in [0.2, 0.25) is 0 Å². The van der Waals surface area contributed by atoms with Crippen LogP contribution in [0.3, 0.4) is 0 Å². The van der Waals surface area contributed by atoms with E-state index in [0.717, 1.165) is 19.5 Å². The second-order valence-corrected chi connectivity index (χ2v) is 6.57. The van der Waals surface area contributed by atoms with Crippen molar-refractivity contribution in [2.24, 2.45) is 0 Å². The molecule has 1 aromatic carbocycles. The summed E-state index contributed by atoms with van der Waals surface area (Å²) in [5, 5.41) is 0. The number of esters is 1. The number of benzene rings is 1. The molecule has 0 bridgehead atoms. The number of carbonyl (C=O) groups is 1. The summed E-state index contributed by atoms with van der Waals surface area (Å²) in [5.41, 5.74) is 3.93. The van der Waals surface area contributed by atoms with Gasteiger partial charge in [-0.3, -0.25) is 4.79 Å². The molecule has 0 spiro atoms. The van der Waals surface area contributed by atoms with Crippen LogP contribution in [0.5, 0.6) is 0 Å². The van der Waals surface area contributed by atoms with Gasteiger partial charge in [-0.1, -0.05) is 17.7 Å². The predicted molar refractivity (Wildman–Crippen MR) is 88.4 cm³/mol. The Kier molecular flexibility index (Phi) is 4.39. The maximum absolute atomic E-state index is 12.0. The molecular formula is C18H26N2O2. The Labute approximate surface area is 133 Å². The minimum atomic E-state index is -0.118. The first kappa shape index (κ1) is 15.3. The molecule has 2 heterocycles. The van der Waals surface area contributed by atoms with Crippen LogP contribution in [-0.2, 0) is 9.53 Å². The number of hydrogen-bond acceptors (Lipinski definition) is 4. The molecular weight excluding hydrogens is 276 g/mol. The summed E-state index contributed by atoms with van der Waals surface area (Å²) >= 11 is 0. The molecule has 0 saturated carbocycles. The normalized spacial score (nSPS) is 24.6. The molecule has 0 unspecified atom stereocenters. The number of hydrogen-bond donors (Lipinski definition) is 0. The van der Waals surface area contributed by atoms with Gasteiger partial charge < -0.3 is 14.5 Å². The van der Waals surface area contributed by atoms with E-state index in [9.17, 15) is 4.79 Å². The van der Waals surface area contributed by atoms with Gasteiger partial charge in [-0.05, 0) is 51.9 Å². The summed E-state index contributed by atoms with van der Waals surface area (Å²) in [4.78, 5) is 16.7. The van der Waals surface area contributed by atoms with Crippen LogP contribution in [0.2, 0.25) is 0 Å². The summed E-state index contributed by atoms with van der Waals surface area (Å²) < 4.78 is 5.18. The number of anilines is 1. The lowest BCUT2D eigenvalue weighted by molar-refractivity contribution is -0.141. The maximum atomic E-state index is 12.0. The van der Waals surface area contributed by atoms with Gasteiger partial charge in [0.05, 0.1) is 6.61 Å². The highest BCUT2D eigenvalue weighted by molar-refractivity contribution is 5.78. The van der Waals surface area contributed by atoms with E-state index in [-0.39, 0.29) is 5.97 Å². The lowest BCUT2D eigenvalue weighted by Crippen LogP contribution is -2.39. The first-order valence-electron chi connectivity index (χ1n) is 8.31. The minimum Gasteiger partial charge on any atom is -0.465 e. The summed E-state index contributed by atoms with van der Waals surface area (Å²) in [6.45, 7) is 7.03. The van der Waals surface area contributed by atoms with Crippen molar-refractivity contribution in [1.82, 2.24) is 4.90 Å². The topological polar surface area (TPSA) is 32.8 Å². The number of rotatable bonds is 3. The van der Waals surface area contributed by atoms with E-state index >= 15 is 0 Å². The fourth-order valence-electron chi connectivity index (χ4n) is 3.96. The fourth-order valence-corrected chi connectivity index (χ4v) is 3.96. The van der Waals surface area contributed by atoms with Crippen LogP contribution in [0.15, 0.2) is 18.2 Å².